The first-order valence-corrected chi connectivity index (χ1v) is 8.70. The molecule has 5 nitrogen and oxygen atoms in total. The molecule has 0 unspecified atom stereocenters. The number of pyridine rings is 1. The highest BCUT2D eigenvalue weighted by Crippen LogP contribution is 2.43. The van der Waals surface area contributed by atoms with E-state index < -0.39 is 0 Å². The van der Waals surface area contributed by atoms with Crippen molar-refractivity contribution in [3.8, 4) is 11.5 Å². The summed E-state index contributed by atoms with van der Waals surface area (Å²) in [5.41, 5.74) is 1.08. The fourth-order valence-electron chi connectivity index (χ4n) is 3.20. The summed E-state index contributed by atoms with van der Waals surface area (Å²) in [7, 11) is 3.37. The lowest BCUT2D eigenvalue weighted by Crippen LogP contribution is -2.25. The van der Waals surface area contributed by atoms with Crippen LogP contribution in [-0.2, 0) is 0 Å². The average molecular weight is 331 g/mol. The number of benzene rings is 1. The Bertz CT molecular complexity index is 680. The van der Waals surface area contributed by atoms with Gasteiger partial charge in [0, 0.05) is 31.6 Å². The SMILES string of the molecule is CCN(CC)c1ncc(N(CC)CC)c2c(OC)c(OC)ccc12. The predicted molar refractivity (Wildman–Crippen MR) is 102 cm³/mol. The third-order valence-electron chi connectivity index (χ3n) is 4.52. The quantitative estimate of drug-likeness (QED) is 0.732. The molecular weight excluding hydrogens is 302 g/mol. The lowest BCUT2D eigenvalue weighted by molar-refractivity contribution is 0.358. The molecule has 1 aromatic heterocycles. The van der Waals surface area contributed by atoms with Gasteiger partial charge in [-0.1, -0.05) is 0 Å². The minimum atomic E-state index is 0.745. The number of nitrogens with zero attached hydrogens (tertiary/aromatic N) is 3. The van der Waals surface area contributed by atoms with Gasteiger partial charge in [-0.25, -0.2) is 4.98 Å². The molecule has 0 saturated heterocycles. The number of hydrogen-bond donors (Lipinski definition) is 0. The summed E-state index contributed by atoms with van der Waals surface area (Å²) in [6, 6.07) is 4.05. The van der Waals surface area contributed by atoms with E-state index in [4.69, 9.17) is 14.5 Å². The van der Waals surface area contributed by atoms with E-state index in [0.29, 0.717) is 0 Å². The maximum absolute atomic E-state index is 5.73. The van der Waals surface area contributed by atoms with Crippen LogP contribution in [0, 0.1) is 0 Å². The van der Waals surface area contributed by atoms with Crippen LogP contribution in [0.2, 0.25) is 0 Å². The van der Waals surface area contributed by atoms with Crippen molar-refractivity contribution in [2.45, 2.75) is 27.7 Å². The normalized spacial score (nSPS) is 10.8. The van der Waals surface area contributed by atoms with E-state index in [1.165, 1.54) is 0 Å². The molecule has 0 spiro atoms. The number of fused-ring (bicyclic) bond motifs is 1. The van der Waals surface area contributed by atoms with E-state index in [1.54, 1.807) is 14.2 Å². The summed E-state index contributed by atoms with van der Waals surface area (Å²) in [4.78, 5) is 9.34. The van der Waals surface area contributed by atoms with Crippen molar-refractivity contribution < 1.29 is 9.47 Å². The fourth-order valence-corrected chi connectivity index (χ4v) is 3.20. The van der Waals surface area contributed by atoms with Crippen LogP contribution in [0.1, 0.15) is 27.7 Å². The van der Waals surface area contributed by atoms with Gasteiger partial charge in [0.1, 0.15) is 5.82 Å². The van der Waals surface area contributed by atoms with Crippen molar-refractivity contribution in [2.24, 2.45) is 0 Å². The van der Waals surface area contributed by atoms with E-state index in [9.17, 15) is 0 Å². The maximum Gasteiger partial charge on any atom is 0.170 e. The molecule has 0 atom stereocenters. The molecule has 0 fully saturated rings. The number of anilines is 2. The van der Waals surface area contributed by atoms with Crippen LogP contribution in [0.15, 0.2) is 18.3 Å². The zero-order chi connectivity index (χ0) is 17.7. The Morgan fingerprint density at radius 1 is 0.875 bits per heavy atom. The van der Waals surface area contributed by atoms with Gasteiger partial charge in [-0.2, -0.15) is 0 Å². The zero-order valence-electron chi connectivity index (χ0n) is 15.7. The molecule has 2 rings (SSSR count). The van der Waals surface area contributed by atoms with Crippen molar-refractivity contribution in [1.82, 2.24) is 4.98 Å². The molecule has 0 aliphatic heterocycles. The van der Waals surface area contributed by atoms with Gasteiger partial charge in [-0.15, -0.1) is 0 Å². The van der Waals surface area contributed by atoms with E-state index in [0.717, 1.165) is 60.0 Å². The summed E-state index contributed by atoms with van der Waals surface area (Å²) in [5, 5.41) is 2.17. The Morgan fingerprint density at radius 3 is 2.00 bits per heavy atom. The first-order valence-electron chi connectivity index (χ1n) is 8.70. The Kier molecular flexibility index (Phi) is 6.12. The molecule has 0 saturated carbocycles. The first-order chi connectivity index (χ1) is 11.7. The van der Waals surface area contributed by atoms with Crippen LogP contribution in [-0.4, -0.2) is 45.4 Å². The summed E-state index contributed by atoms with van der Waals surface area (Å²) in [6.45, 7) is 12.3. The highest BCUT2D eigenvalue weighted by Gasteiger charge is 2.20. The first kappa shape index (κ1) is 18.2. The maximum atomic E-state index is 5.73. The molecule has 1 heterocycles. The standard InChI is InChI=1S/C19H29N3O2/c1-7-21(8-2)15-13-20-19(22(9-3)10-4)14-11-12-16(23-5)18(24-6)17(14)15/h11-13H,7-10H2,1-6H3. The van der Waals surface area contributed by atoms with Crippen LogP contribution in [0.3, 0.4) is 0 Å². The summed E-state index contributed by atoms with van der Waals surface area (Å²) in [5.74, 6) is 2.51. The van der Waals surface area contributed by atoms with E-state index in [2.05, 4.69) is 43.6 Å². The minimum absolute atomic E-state index is 0.745. The molecule has 0 bridgehead atoms. The van der Waals surface area contributed by atoms with Gasteiger partial charge in [0.05, 0.1) is 31.5 Å². The van der Waals surface area contributed by atoms with Crippen LogP contribution >= 0.6 is 0 Å². The Labute approximate surface area is 145 Å². The summed E-state index contributed by atoms with van der Waals surface area (Å²) < 4.78 is 11.3. The Hall–Kier alpha value is -2.17. The molecule has 1 aromatic carbocycles. The number of ether oxygens (including phenoxy) is 2. The lowest BCUT2D eigenvalue weighted by Gasteiger charge is -2.27. The smallest absolute Gasteiger partial charge is 0.170 e. The molecular formula is C19H29N3O2. The highest BCUT2D eigenvalue weighted by molar-refractivity contribution is 6.05. The van der Waals surface area contributed by atoms with Gasteiger partial charge in [0.2, 0.25) is 0 Å². The van der Waals surface area contributed by atoms with Crippen molar-refractivity contribution in [2.75, 3.05) is 50.2 Å². The van der Waals surface area contributed by atoms with E-state index >= 15 is 0 Å². The molecule has 0 amide bonds. The van der Waals surface area contributed by atoms with E-state index in [-0.39, 0.29) is 0 Å². The second-order valence-corrected chi connectivity index (χ2v) is 5.54. The monoisotopic (exact) mass is 331 g/mol. The van der Waals surface area contributed by atoms with E-state index in [1.807, 2.05) is 12.3 Å². The van der Waals surface area contributed by atoms with Crippen LogP contribution in [0.5, 0.6) is 11.5 Å². The number of hydrogen-bond acceptors (Lipinski definition) is 5. The number of rotatable bonds is 8. The molecule has 0 aliphatic rings. The summed E-state index contributed by atoms with van der Waals surface area (Å²) in [6.07, 6.45) is 1.96. The summed E-state index contributed by atoms with van der Waals surface area (Å²) >= 11 is 0. The fraction of sp³-hybridized carbons (Fsp3) is 0.526. The van der Waals surface area contributed by atoms with Gasteiger partial charge in [0.15, 0.2) is 11.5 Å². The van der Waals surface area contributed by atoms with Gasteiger partial charge < -0.3 is 19.3 Å². The van der Waals surface area contributed by atoms with Gasteiger partial charge in [-0.05, 0) is 39.8 Å². The highest BCUT2D eigenvalue weighted by atomic mass is 16.5. The zero-order valence-corrected chi connectivity index (χ0v) is 15.7. The Balaban J connectivity index is 2.86. The molecule has 0 N–H and O–H groups in total. The minimum Gasteiger partial charge on any atom is -0.493 e. The van der Waals surface area contributed by atoms with Gasteiger partial charge >= 0.3 is 0 Å². The number of methoxy groups -OCH3 is 2. The molecule has 0 aliphatic carbocycles. The van der Waals surface area contributed by atoms with Gasteiger partial charge in [0.25, 0.3) is 0 Å². The third-order valence-corrected chi connectivity index (χ3v) is 4.52. The van der Waals surface area contributed by atoms with Crippen LogP contribution < -0.4 is 19.3 Å². The lowest BCUT2D eigenvalue weighted by atomic mass is 10.1. The van der Waals surface area contributed by atoms with Crippen molar-refractivity contribution in [3.05, 3.63) is 18.3 Å². The molecule has 132 valence electrons. The number of aromatic nitrogens is 1. The second kappa shape index (κ2) is 8.08. The van der Waals surface area contributed by atoms with Crippen molar-refractivity contribution in [1.29, 1.82) is 0 Å². The van der Waals surface area contributed by atoms with Crippen molar-refractivity contribution >= 4 is 22.3 Å². The topological polar surface area (TPSA) is 37.8 Å². The Morgan fingerprint density at radius 2 is 1.50 bits per heavy atom. The second-order valence-electron chi connectivity index (χ2n) is 5.54. The van der Waals surface area contributed by atoms with Crippen molar-refractivity contribution in [3.63, 3.8) is 0 Å². The van der Waals surface area contributed by atoms with Crippen LogP contribution in [0.25, 0.3) is 10.8 Å². The largest absolute Gasteiger partial charge is 0.493 e. The molecule has 24 heavy (non-hydrogen) atoms. The third kappa shape index (κ3) is 3.07. The molecule has 0 radical (unpaired) electrons. The van der Waals surface area contributed by atoms with Gasteiger partial charge in [-0.3, -0.25) is 0 Å². The average Bonchev–Trinajstić information content (AvgIpc) is 2.63. The molecule has 2 aromatic rings. The predicted octanol–water partition coefficient (Wildman–Crippen LogP) is 3.94. The van der Waals surface area contributed by atoms with Crippen LogP contribution in [0.4, 0.5) is 11.5 Å². The molecule has 5 heteroatoms.